The van der Waals surface area contributed by atoms with Crippen molar-refractivity contribution in [3.8, 4) is 0 Å². The number of H-pyrrole nitrogens is 1. The maximum atomic E-state index is 11.7. The lowest BCUT2D eigenvalue weighted by molar-refractivity contribution is 1.01. The Morgan fingerprint density at radius 3 is 1.92 bits per heavy atom. The highest BCUT2D eigenvalue weighted by Gasteiger charge is 2.14. The standard InChI is InChI=1S/C18H11N5O/c19-13-16-17(22-23-18(13)24)21-15-12-8-4-2-6-10(12)9-5-1-3-7-11(9)14(15)20-16/h1-8H,(H,23,24)(H2,19,21,22). The van der Waals surface area contributed by atoms with Gasteiger partial charge in [-0.15, -0.1) is 0 Å². The summed E-state index contributed by atoms with van der Waals surface area (Å²) in [6.07, 6.45) is 0. The molecule has 0 amide bonds. The highest BCUT2D eigenvalue weighted by atomic mass is 16.1. The second-order valence-corrected chi connectivity index (χ2v) is 5.65. The van der Waals surface area contributed by atoms with Crippen molar-refractivity contribution in [2.45, 2.75) is 0 Å². The van der Waals surface area contributed by atoms with Crippen molar-refractivity contribution in [3.05, 3.63) is 58.9 Å². The summed E-state index contributed by atoms with van der Waals surface area (Å²) in [5.74, 6) is 0. The lowest BCUT2D eigenvalue weighted by atomic mass is 9.99. The first-order valence-electron chi connectivity index (χ1n) is 7.49. The number of aromatic amines is 1. The van der Waals surface area contributed by atoms with E-state index in [1.807, 2.05) is 36.4 Å². The highest BCUT2D eigenvalue weighted by Crippen LogP contribution is 2.33. The van der Waals surface area contributed by atoms with Crippen molar-refractivity contribution in [2.24, 2.45) is 0 Å². The predicted octanol–water partition coefficient (Wildman–Crippen LogP) is 2.75. The van der Waals surface area contributed by atoms with Crippen LogP contribution in [0.2, 0.25) is 0 Å². The number of rotatable bonds is 0. The number of aromatic nitrogens is 4. The summed E-state index contributed by atoms with van der Waals surface area (Å²) in [6.45, 7) is 0. The maximum absolute atomic E-state index is 11.7. The lowest BCUT2D eigenvalue weighted by Gasteiger charge is -2.09. The van der Waals surface area contributed by atoms with E-state index in [1.165, 1.54) is 0 Å². The van der Waals surface area contributed by atoms with E-state index < -0.39 is 5.56 Å². The summed E-state index contributed by atoms with van der Waals surface area (Å²) >= 11 is 0. The molecule has 24 heavy (non-hydrogen) atoms. The highest BCUT2D eigenvalue weighted by molar-refractivity contribution is 6.23. The first kappa shape index (κ1) is 13.0. The molecule has 0 aliphatic carbocycles. The summed E-state index contributed by atoms with van der Waals surface area (Å²) in [5, 5.41) is 10.5. The van der Waals surface area contributed by atoms with Crippen molar-refractivity contribution in [1.82, 2.24) is 20.2 Å². The summed E-state index contributed by atoms with van der Waals surface area (Å²) in [6, 6.07) is 16.1. The average molecular weight is 313 g/mol. The minimum Gasteiger partial charge on any atom is -0.392 e. The van der Waals surface area contributed by atoms with Gasteiger partial charge in [0, 0.05) is 10.8 Å². The van der Waals surface area contributed by atoms with E-state index >= 15 is 0 Å². The minimum absolute atomic E-state index is 0.0339. The second-order valence-electron chi connectivity index (χ2n) is 5.65. The van der Waals surface area contributed by atoms with Gasteiger partial charge in [-0.25, -0.2) is 15.1 Å². The molecule has 0 saturated carbocycles. The Kier molecular flexibility index (Phi) is 2.42. The van der Waals surface area contributed by atoms with Crippen LogP contribution in [0, 0.1) is 0 Å². The van der Waals surface area contributed by atoms with Crippen molar-refractivity contribution in [1.29, 1.82) is 0 Å². The Hall–Kier alpha value is -3.54. The quantitative estimate of drug-likeness (QED) is 0.338. The molecule has 0 radical (unpaired) electrons. The third-order valence-corrected chi connectivity index (χ3v) is 4.30. The van der Waals surface area contributed by atoms with Crippen LogP contribution in [-0.4, -0.2) is 20.2 Å². The number of fused-ring (bicyclic) bond motifs is 7. The van der Waals surface area contributed by atoms with Crippen LogP contribution in [0.25, 0.3) is 43.7 Å². The number of benzene rings is 3. The van der Waals surface area contributed by atoms with Gasteiger partial charge in [-0.2, -0.15) is 5.10 Å². The number of nitrogens with zero attached hydrogens (tertiary/aromatic N) is 3. The van der Waals surface area contributed by atoms with Crippen LogP contribution in [0.3, 0.4) is 0 Å². The molecule has 3 N–H and O–H groups in total. The number of nitrogens with two attached hydrogens (primary N) is 1. The molecule has 6 nitrogen and oxygen atoms in total. The Bertz CT molecular complexity index is 1340. The van der Waals surface area contributed by atoms with Gasteiger partial charge in [0.2, 0.25) is 5.65 Å². The van der Waals surface area contributed by atoms with Crippen LogP contribution in [0.5, 0.6) is 0 Å². The molecular formula is C18H11N5O. The van der Waals surface area contributed by atoms with E-state index in [4.69, 9.17) is 5.73 Å². The van der Waals surface area contributed by atoms with Crippen molar-refractivity contribution >= 4 is 49.4 Å². The van der Waals surface area contributed by atoms with Crippen LogP contribution in [-0.2, 0) is 0 Å². The normalized spacial score (nSPS) is 11.7. The SMILES string of the molecule is Nc1c(=O)[nH]nc2nc3c4ccccc4c4ccccc4c3nc12. The van der Waals surface area contributed by atoms with Gasteiger partial charge in [0.1, 0.15) is 11.2 Å². The molecule has 0 aliphatic rings. The minimum atomic E-state index is -0.457. The second kappa shape index (κ2) is 4.48. The van der Waals surface area contributed by atoms with Crippen LogP contribution in [0.1, 0.15) is 0 Å². The molecule has 5 rings (SSSR count). The molecule has 0 bridgehead atoms. The monoisotopic (exact) mass is 313 g/mol. The van der Waals surface area contributed by atoms with Gasteiger partial charge in [0.25, 0.3) is 5.56 Å². The van der Waals surface area contributed by atoms with E-state index in [9.17, 15) is 4.79 Å². The van der Waals surface area contributed by atoms with Crippen LogP contribution in [0.4, 0.5) is 5.69 Å². The molecule has 0 spiro atoms. The first-order valence-corrected chi connectivity index (χ1v) is 7.49. The van der Waals surface area contributed by atoms with Crippen LogP contribution >= 0.6 is 0 Å². The summed E-state index contributed by atoms with van der Waals surface area (Å²) < 4.78 is 0. The number of hydrogen-bond donors (Lipinski definition) is 2. The van der Waals surface area contributed by atoms with Crippen molar-refractivity contribution < 1.29 is 0 Å². The first-order chi connectivity index (χ1) is 11.7. The zero-order chi connectivity index (χ0) is 16.3. The van der Waals surface area contributed by atoms with Gasteiger partial charge in [-0.3, -0.25) is 4.79 Å². The van der Waals surface area contributed by atoms with E-state index in [2.05, 4.69) is 32.3 Å². The smallest absolute Gasteiger partial charge is 0.289 e. The Morgan fingerprint density at radius 2 is 1.29 bits per heavy atom. The van der Waals surface area contributed by atoms with Gasteiger partial charge in [-0.1, -0.05) is 48.5 Å². The Morgan fingerprint density at radius 1 is 0.750 bits per heavy atom. The molecule has 6 heteroatoms. The Labute approximate surface area is 135 Å². The van der Waals surface area contributed by atoms with Gasteiger partial charge in [0.15, 0.2) is 0 Å². The Balaban J connectivity index is 2.16. The fraction of sp³-hybridized carbons (Fsp3) is 0. The largest absolute Gasteiger partial charge is 0.392 e. The topological polar surface area (TPSA) is 97.6 Å². The summed E-state index contributed by atoms with van der Waals surface area (Å²) in [4.78, 5) is 21.0. The van der Waals surface area contributed by atoms with Gasteiger partial charge in [0.05, 0.1) is 11.0 Å². The zero-order valence-corrected chi connectivity index (χ0v) is 12.4. The molecule has 114 valence electrons. The van der Waals surface area contributed by atoms with Gasteiger partial charge in [-0.05, 0) is 10.8 Å². The molecule has 0 saturated heterocycles. The van der Waals surface area contributed by atoms with E-state index in [0.29, 0.717) is 11.2 Å². The van der Waals surface area contributed by atoms with Gasteiger partial charge >= 0.3 is 0 Å². The van der Waals surface area contributed by atoms with Crippen LogP contribution in [0.15, 0.2) is 53.3 Å². The molecule has 3 aromatic carbocycles. The third kappa shape index (κ3) is 1.59. The third-order valence-electron chi connectivity index (χ3n) is 4.30. The average Bonchev–Trinajstić information content (AvgIpc) is 2.64. The molecule has 2 aromatic heterocycles. The van der Waals surface area contributed by atoms with Crippen LogP contribution < -0.4 is 11.3 Å². The number of nitrogens with one attached hydrogen (secondary N) is 1. The zero-order valence-electron chi connectivity index (χ0n) is 12.4. The number of anilines is 1. The molecule has 0 fully saturated rings. The number of hydrogen-bond acceptors (Lipinski definition) is 5. The van der Waals surface area contributed by atoms with E-state index in [0.717, 1.165) is 32.6 Å². The predicted molar refractivity (Wildman–Crippen MR) is 94.9 cm³/mol. The van der Waals surface area contributed by atoms with E-state index in [1.54, 1.807) is 0 Å². The molecule has 0 unspecified atom stereocenters. The molecule has 0 aliphatic heterocycles. The molecule has 0 atom stereocenters. The van der Waals surface area contributed by atoms with E-state index in [-0.39, 0.29) is 5.69 Å². The van der Waals surface area contributed by atoms with Crippen molar-refractivity contribution in [3.63, 3.8) is 0 Å². The maximum Gasteiger partial charge on any atom is 0.289 e. The molecule has 2 heterocycles. The summed E-state index contributed by atoms with van der Waals surface area (Å²) in [5.41, 5.74) is 7.58. The fourth-order valence-electron chi connectivity index (χ4n) is 3.18. The number of nitrogen functional groups attached to an aromatic ring is 1. The van der Waals surface area contributed by atoms with Gasteiger partial charge < -0.3 is 5.73 Å². The molecular weight excluding hydrogens is 302 g/mol. The van der Waals surface area contributed by atoms with Crippen molar-refractivity contribution in [2.75, 3.05) is 5.73 Å². The lowest BCUT2D eigenvalue weighted by Crippen LogP contribution is -2.14. The fourth-order valence-corrected chi connectivity index (χ4v) is 3.18. The molecule has 5 aromatic rings. The summed E-state index contributed by atoms with van der Waals surface area (Å²) in [7, 11) is 0.